The van der Waals surface area contributed by atoms with E-state index in [0.717, 1.165) is 16.2 Å². The Hall–Kier alpha value is -3.11. The van der Waals surface area contributed by atoms with Gasteiger partial charge in [0.2, 0.25) is 11.5 Å². The molecule has 0 aliphatic rings. The van der Waals surface area contributed by atoms with Crippen molar-refractivity contribution in [2.24, 2.45) is 0 Å². The molecule has 3 aromatic rings. The van der Waals surface area contributed by atoms with Gasteiger partial charge in [-0.3, -0.25) is 4.79 Å². The van der Waals surface area contributed by atoms with Crippen LogP contribution in [0.3, 0.4) is 0 Å². The Morgan fingerprint density at radius 1 is 1.21 bits per heavy atom. The molecule has 9 nitrogen and oxygen atoms in total. The Bertz CT molecular complexity index is 913. The van der Waals surface area contributed by atoms with Gasteiger partial charge in [-0.05, 0) is 46.4 Å². The van der Waals surface area contributed by atoms with Crippen molar-refractivity contribution in [2.75, 3.05) is 25.4 Å². The lowest BCUT2D eigenvalue weighted by molar-refractivity contribution is 0.0944. The Labute approximate surface area is 172 Å². The number of nitrogens with one attached hydrogen (secondary N) is 2. The molecule has 154 valence electrons. The molecule has 0 atom stereocenters. The van der Waals surface area contributed by atoms with Crippen molar-refractivity contribution in [1.29, 1.82) is 0 Å². The molecule has 3 rings (SSSR count). The summed E-state index contributed by atoms with van der Waals surface area (Å²) in [4.78, 5) is 13.0. The molecule has 0 unspecified atom stereocenters. The summed E-state index contributed by atoms with van der Waals surface area (Å²) >= 11 is 1.66. The van der Waals surface area contributed by atoms with Gasteiger partial charge >= 0.3 is 0 Å². The smallest absolute Gasteiger partial charge is 0.277 e. The molecule has 4 N–H and O–H groups in total. The van der Waals surface area contributed by atoms with Crippen LogP contribution in [0.1, 0.15) is 27.9 Å². The number of amides is 1. The van der Waals surface area contributed by atoms with Crippen LogP contribution in [0.15, 0.2) is 40.3 Å². The van der Waals surface area contributed by atoms with Crippen LogP contribution in [-0.4, -0.2) is 35.9 Å². The molecule has 0 saturated heterocycles. The number of carbonyl (C=O) groups is 1. The van der Waals surface area contributed by atoms with E-state index >= 15 is 0 Å². The van der Waals surface area contributed by atoms with Gasteiger partial charge in [0, 0.05) is 24.5 Å². The van der Waals surface area contributed by atoms with Gasteiger partial charge in [0.1, 0.15) is 6.61 Å². The normalized spacial score (nSPS) is 10.7. The van der Waals surface area contributed by atoms with Crippen LogP contribution in [0.5, 0.6) is 11.5 Å². The topological polar surface area (TPSA) is 125 Å². The zero-order valence-corrected chi connectivity index (χ0v) is 16.8. The van der Waals surface area contributed by atoms with Crippen molar-refractivity contribution < 1.29 is 18.9 Å². The molecule has 0 aliphatic heterocycles. The lowest BCUT2D eigenvalue weighted by Gasteiger charge is -2.13. The van der Waals surface area contributed by atoms with Gasteiger partial charge in [-0.25, -0.2) is 4.63 Å². The predicted molar refractivity (Wildman–Crippen MR) is 109 cm³/mol. The van der Waals surface area contributed by atoms with Gasteiger partial charge in [-0.2, -0.15) is 0 Å². The van der Waals surface area contributed by atoms with E-state index in [9.17, 15) is 4.79 Å². The van der Waals surface area contributed by atoms with Crippen LogP contribution in [0, 0.1) is 0 Å². The second-order valence-electron chi connectivity index (χ2n) is 6.01. The van der Waals surface area contributed by atoms with Gasteiger partial charge in [0.05, 0.1) is 6.61 Å². The van der Waals surface area contributed by atoms with E-state index in [1.54, 1.807) is 11.3 Å². The quantitative estimate of drug-likeness (QED) is 0.406. The molecule has 0 bridgehead atoms. The van der Waals surface area contributed by atoms with Crippen molar-refractivity contribution in [2.45, 2.75) is 20.1 Å². The molecular weight excluding hydrogens is 394 g/mol. The number of thiophene rings is 1. The first-order chi connectivity index (χ1) is 14.2. The summed E-state index contributed by atoms with van der Waals surface area (Å²) in [6, 6.07) is 9.90. The second kappa shape index (κ2) is 10.4. The molecule has 0 saturated carbocycles. The number of nitrogens with zero attached hydrogens (tertiary/aromatic N) is 2. The summed E-state index contributed by atoms with van der Waals surface area (Å²) in [6.07, 6.45) is 0. The van der Waals surface area contributed by atoms with E-state index in [4.69, 9.17) is 15.2 Å². The minimum atomic E-state index is -0.420. The van der Waals surface area contributed by atoms with Gasteiger partial charge in [0.25, 0.3) is 5.91 Å². The van der Waals surface area contributed by atoms with Crippen molar-refractivity contribution in [1.82, 2.24) is 20.9 Å². The lowest BCUT2D eigenvalue weighted by atomic mass is 10.2. The molecule has 29 heavy (non-hydrogen) atoms. The maximum Gasteiger partial charge on any atom is 0.277 e. The number of carbonyl (C=O) groups excluding carboxylic acids is 1. The highest BCUT2D eigenvalue weighted by atomic mass is 32.1. The highest BCUT2D eigenvalue weighted by molar-refractivity contribution is 7.09. The van der Waals surface area contributed by atoms with E-state index in [-0.39, 0.29) is 11.5 Å². The fourth-order valence-electron chi connectivity index (χ4n) is 2.53. The summed E-state index contributed by atoms with van der Waals surface area (Å²) in [5, 5.41) is 14.8. The molecule has 0 aliphatic carbocycles. The number of nitrogens with two attached hydrogens (primary N) is 1. The zero-order chi connectivity index (χ0) is 20.5. The first-order valence-corrected chi connectivity index (χ1v) is 10.0. The van der Waals surface area contributed by atoms with Crippen LogP contribution < -0.4 is 25.8 Å². The molecule has 1 aromatic carbocycles. The number of ether oxygens (including phenoxy) is 2. The minimum Gasteiger partial charge on any atom is -0.490 e. The summed E-state index contributed by atoms with van der Waals surface area (Å²) in [6.45, 7) is 4.60. The number of rotatable bonds is 11. The van der Waals surface area contributed by atoms with Crippen LogP contribution in [-0.2, 0) is 13.2 Å². The summed E-state index contributed by atoms with van der Waals surface area (Å²) in [7, 11) is 0. The summed E-state index contributed by atoms with van der Waals surface area (Å²) < 4.78 is 16.0. The van der Waals surface area contributed by atoms with Crippen LogP contribution in [0.4, 0.5) is 5.82 Å². The van der Waals surface area contributed by atoms with Crippen molar-refractivity contribution >= 4 is 23.1 Å². The molecule has 0 fully saturated rings. The molecule has 2 aromatic heterocycles. The Morgan fingerprint density at radius 3 is 2.83 bits per heavy atom. The fraction of sp³-hybridized carbons (Fsp3) is 0.316. The molecule has 1 amide bonds. The maximum absolute atomic E-state index is 11.8. The van der Waals surface area contributed by atoms with Crippen molar-refractivity contribution in [3.8, 4) is 11.5 Å². The predicted octanol–water partition coefficient (Wildman–Crippen LogP) is 2.21. The van der Waals surface area contributed by atoms with Crippen LogP contribution in [0.25, 0.3) is 0 Å². The van der Waals surface area contributed by atoms with Crippen molar-refractivity contribution in [3.05, 3.63) is 51.8 Å². The van der Waals surface area contributed by atoms with E-state index in [2.05, 4.69) is 25.6 Å². The summed E-state index contributed by atoms with van der Waals surface area (Å²) in [5.41, 5.74) is 6.52. The first-order valence-electron chi connectivity index (χ1n) is 9.15. The molecular formula is C19H23N5O4S. The third kappa shape index (κ3) is 5.93. The van der Waals surface area contributed by atoms with Gasteiger partial charge in [-0.15, -0.1) is 11.3 Å². The number of hydrogen-bond acceptors (Lipinski definition) is 9. The number of nitrogen functional groups attached to an aromatic ring is 1. The fourth-order valence-corrected chi connectivity index (χ4v) is 3.14. The van der Waals surface area contributed by atoms with E-state index < -0.39 is 5.91 Å². The Morgan fingerprint density at radius 2 is 2.10 bits per heavy atom. The SMILES string of the molecule is CCOc1cc(CNCCNC(=O)c2nonc2N)ccc1OCc1cccs1. The lowest BCUT2D eigenvalue weighted by Crippen LogP contribution is -2.32. The number of anilines is 1. The first kappa shape index (κ1) is 20.6. The van der Waals surface area contributed by atoms with Crippen LogP contribution >= 0.6 is 11.3 Å². The standard InChI is InChI=1S/C19H23N5O4S/c1-2-26-16-10-13(5-6-15(16)27-12-14-4-3-9-29-14)11-21-7-8-22-19(25)17-18(20)24-28-23-17/h3-6,9-10,21H,2,7-8,11-12H2,1H3,(H2,20,24)(H,22,25). The number of hydrogen-bond donors (Lipinski definition) is 3. The average Bonchev–Trinajstić information content (AvgIpc) is 3.39. The van der Waals surface area contributed by atoms with Crippen molar-refractivity contribution in [3.63, 3.8) is 0 Å². The van der Waals surface area contributed by atoms with Gasteiger partial charge in [-0.1, -0.05) is 12.1 Å². The van der Waals surface area contributed by atoms with Crippen LogP contribution in [0.2, 0.25) is 0 Å². The van der Waals surface area contributed by atoms with E-state index in [1.807, 2.05) is 42.6 Å². The maximum atomic E-state index is 11.8. The summed E-state index contributed by atoms with van der Waals surface area (Å²) in [5.74, 6) is 0.984. The molecule has 2 heterocycles. The monoisotopic (exact) mass is 417 g/mol. The minimum absolute atomic E-state index is 0.00973. The van der Waals surface area contributed by atoms with Gasteiger partial charge < -0.3 is 25.8 Å². The highest BCUT2D eigenvalue weighted by Gasteiger charge is 2.15. The van der Waals surface area contributed by atoms with E-state index in [1.165, 1.54) is 0 Å². The Kier molecular flexibility index (Phi) is 7.42. The second-order valence-corrected chi connectivity index (χ2v) is 7.05. The highest BCUT2D eigenvalue weighted by Crippen LogP contribution is 2.29. The molecule has 0 spiro atoms. The number of benzene rings is 1. The Balaban J connectivity index is 1.45. The third-order valence-electron chi connectivity index (χ3n) is 3.90. The van der Waals surface area contributed by atoms with Gasteiger partial charge in [0.15, 0.2) is 11.5 Å². The molecule has 0 radical (unpaired) electrons. The largest absolute Gasteiger partial charge is 0.490 e. The van der Waals surface area contributed by atoms with E-state index in [0.29, 0.717) is 38.6 Å². The third-order valence-corrected chi connectivity index (χ3v) is 4.75. The average molecular weight is 417 g/mol. The molecule has 10 heteroatoms. The number of aromatic nitrogens is 2. The zero-order valence-electron chi connectivity index (χ0n) is 16.0.